The Morgan fingerprint density at radius 3 is 2.27 bits per heavy atom. The lowest BCUT2D eigenvalue weighted by molar-refractivity contribution is -0.327. The highest BCUT2D eigenvalue weighted by Crippen LogP contribution is 2.41. The summed E-state index contributed by atoms with van der Waals surface area (Å²) in [4.78, 5) is 13.5. The van der Waals surface area contributed by atoms with Gasteiger partial charge >= 0.3 is 0 Å². The Labute approximate surface area is 231 Å². The highest BCUT2D eigenvalue weighted by atomic mass is 16.7. The maximum Gasteiger partial charge on any atom is 0.199 e. The number of aliphatic hydroxyl groups is 6. The van der Waals surface area contributed by atoms with Crippen molar-refractivity contribution in [1.29, 1.82) is 0 Å². The van der Waals surface area contributed by atoms with Crippen LogP contribution >= 0.6 is 0 Å². The zero-order chi connectivity index (χ0) is 29.6. The van der Waals surface area contributed by atoms with Crippen molar-refractivity contribution in [2.75, 3.05) is 13.2 Å². The molecule has 0 saturated carbocycles. The summed E-state index contributed by atoms with van der Waals surface area (Å²) in [5.41, 5.74) is 0.185. The minimum absolute atomic E-state index is 0.00222. The van der Waals surface area contributed by atoms with Crippen LogP contribution in [0.15, 0.2) is 36.4 Å². The predicted octanol–water partition coefficient (Wildman–Crippen LogP) is -2.23. The number of carbonyl (C=O) groups is 1. The number of ether oxygens (including phenoxy) is 5. The quantitative estimate of drug-likeness (QED) is 0.164. The van der Waals surface area contributed by atoms with Crippen molar-refractivity contribution in [3.63, 3.8) is 0 Å². The average Bonchev–Trinajstić information content (AvgIpc) is 2.94. The summed E-state index contributed by atoms with van der Waals surface area (Å²) >= 11 is 0. The summed E-state index contributed by atoms with van der Waals surface area (Å²) in [5.74, 6) is -1.82. The number of aliphatic hydroxyl groups excluding tert-OH is 6. The van der Waals surface area contributed by atoms with Crippen LogP contribution in [0.25, 0.3) is 0 Å². The Morgan fingerprint density at radius 2 is 1.54 bits per heavy atom. The molecule has 2 fully saturated rings. The summed E-state index contributed by atoms with van der Waals surface area (Å²) in [6.07, 6.45) is -17.4. The molecule has 2 aromatic rings. The van der Waals surface area contributed by atoms with Gasteiger partial charge in [0.2, 0.25) is 0 Å². The lowest BCUT2D eigenvalue weighted by Crippen LogP contribution is -2.61. The van der Waals surface area contributed by atoms with Gasteiger partial charge in [-0.1, -0.05) is 6.07 Å². The van der Waals surface area contributed by atoms with Gasteiger partial charge in [0.1, 0.15) is 54.2 Å². The predicted molar refractivity (Wildman–Crippen MR) is 131 cm³/mol. The van der Waals surface area contributed by atoms with Gasteiger partial charge in [0.15, 0.2) is 42.1 Å². The van der Waals surface area contributed by atoms with E-state index in [9.17, 15) is 50.8 Å². The molecule has 15 heteroatoms. The van der Waals surface area contributed by atoms with Gasteiger partial charge in [-0.15, -0.1) is 0 Å². The van der Waals surface area contributed by atoms with E-state index < -0.39 is 91.4 Å². The van der Waals surface area contributed by atoms with E-state index >= 15 is 0 Å². The lowest BCUT2D eigenvalue weighted by Gasteiger charge is -2.43. The number of phenols is 3. The van der Waals surface area contributed by atoms with Crippen LogP contribution in [0.1, 0.15) is 22.0 Å². The highest BCUT2D eigenvalue weighted by molar-refractivity contribution is 6.03. The van der Waals surface area contributed by atoms with Crippen LogP contribution < -0.4 is 4.74 Å². The van der Waals surface area contributed by atoms with Crippen molar-refractivity contribution in [2.45, 2.75) is 67.5 Å². The fourth-order valence-electron chi connectivity index (χ4n) is 4.82. The van der Waals surface area contributed by atoms with E-state index in [1.54, 1.807) is 0 Å². The number of fused-ring (bicyclic) bond motifs is 1. The summed E-state index contributed by atoms with van der Waals surface area (Å²) in [5, 5.41) is 90.8. The van der Waals surface area contributed by atoms with Crippen molar-refractivity contribution < 1.29 is 74.4 Å². The van der Waals surface area contributed by atoms with Crippen LogP contribution in [0.4, 0.5) is 0 Å². The van der Waals surface area contributed by atoms with Crippen LogP contribution in [-0.4, -0.2) is 126 Å². The van der Waals surface area contributed by atoms with E-state index in [1.807, 2.05) is 0 Å². The number of ketones is 1. The van der Waals surface area contributed by atoms with Gasteiger partial charge < -0.3 is 69.6 Å². The number of rotatable bonds is 6. The summed E-state index contributed by atoms with van der Waals surface area (Å²) in [6, 6.07) is 7.39. The zero-order valence-electron chi connectivity index (χ0n) is 21.2. The molecule has 3 heterocycles. The molecular weight excluding hydrogens is 552 g/mol. The molecule has 0 amide bonds. The number of benzene rings is 2. The van der Waals surface area contributed by atoms with E-state index in [0.29, 0.717) is 0 Å². The zero-order valence-corrected chi connectivity index (χ0v) is 21.2. The van der Waals surface area contributed by atoms with Gasteiger partial charge in [0.25, 0.3) is 0 Å². The van der Waals surface area contributed by atoms with E-state index in [1.165, 1.54) is 24.3 Å². The molecule has 0 radical (unpaired) electrons. The second-order valence-corrected chi connectivity index (χ2v) is 9.99. The molecule has 3 aliphatic rings. The number of phenolic OH excluding ortho intramolecular Hbond substituents is 3. The third-order valence-corrected chi connectivity index (χ3v) is 7.17. The molecule has 3 aliphatic heterocycles. The minimum Gasteiger partial charge on any atom is -0.508 e. The molecule has 11 unspecified atom stereocenters. The van der Waals surface area contributed by atoms with Gasteiger partial charge in [0, 0.05) is 6.07 Å². The van der Waals surface area contributed by atoms with Gasteiger partial charge in [-0.05, 0) is 29.8 Å². The molecule has 41 heavy (non-hydrogen) atoms. The molecule has 5 rings (SSSR count). The first-order chi connectivity index (χ1) is 19.5. The highest BCUT2D eigenvalue weighted by Gasteiger charge is 2.49. The lowest BCUT2D eigenvalue weighted by atomic mass is 9.92. The summed E-state index contributed by atoms with van der Waals surface area (Å²) in [6.45, 7) is -0.886. The van der Waals surface area contributed by atoms with Crippen molar-refractivity contribution in [2.24, 2.45) is 0 Å². The Balaban J connectivity index is 1.38. The Kier molecular flexibility index (Phi) is 8.36. The molecule has 224 valence electrons. The third kappa shape index (κ3) is 5.69. The van der Waals surface area contributed by atoms with Crippen LogP contribution in [0.2, 0.25) is 0 Å². The standard InChI is InChI=1S/C26H30O15/c27-10-2-3-11-15(6-10)39-23(9-1-4-12(28)13(29)5-9)24(17(11)31)41-26-22(36)20(34)19(33)16(40-26)8-38-25-21(35)18(32)14(30)7-37-25/h1-6,14,16,18-30,32-36H,7-8H2. The van der Waals surface area contributed by atoms with Gasteiger partial charge in [-0.25, -0.2) is 0 Å². The van der Waals surface area contributed by atoms with Gasteiger partial charge in [-0.2, -0.15) is 0 Å². The van der Waals surface area contributed by atoms with E-state index in [0.717, 1.165) is 12.1 Å². The number of Topliss-reactive ketones (excluding diaryl/α,β-unsaturated/α-hetero) is 1. The average molecular weight is 583 g/mol. The molecule has 2 aromatic carbocycles. The number of aromatic hydroxyl groups is 3. The topological polar surface area (TPSA) is 245 Å². The molecule has 0 aromatic heterocycles. The first kappa shape index (κ1) is 29.4. The first-order valence-corrected chi connectivity index (χ1v) is 12.6. The maximum atomic E-state index is 13.5. The summed E-state index contributed by atoms with van der Waals surface area (Å²) in [7, 11) is 0. The second-order valence-electron chi connectivity index (χ2n) is 9.99. The van der Waals surface area contributed by atoms with Crippen LogP contribution in [0, 0.1) is 0 Å². The fraction of sp³-hybridized carbons (Fsp3) is 0.500. The molecule has 9 N–H and O–H groups in total. The monoisotopic (exact) mass is 582 g/mol. The van der Waals surface area contributed by atoms with E-state index in [2.05, 4.69) is 0 Å². The number of carbonyl (C=O) groups excluding carboxylic acids is 1. The Morgan fingerprint density at radius 1 is 0.805 bits per heavy atom. The molecule has 11 atom stereocenters. The van der Waals surface area contributed by atoms with Crippen molar-refractivity contribution in [3.8, 4) is 23.0 Å². The summed E-state index contributed by atoms with van der Waals surface area (Å²) < 4.78 is 28.0. The number of hydrogen-bond donors (Lipinski definition) is 9. The normalized spacial score (nSPS) is 37.3. The molecular formula is C26H30O15. The van der Waals surface area contributed by atoms with Gasteiger partial charge in [-0.3, -0.25) is 4.79 Å². The van der Waals surface area contributed by atoms with Crippen molar-refractivity contribution >= 4 is 5.78 Å². The molecule has 2 saturated heterocycles. The van der Waals surface area contributed by atoms with Crippen LogP contribution in [0.3, 0.4) is 0 Å². The molecule has 0 aliphatic carbocycles. The van der Waals surface area contributed by atoms with E-state index in [4.69, 9.17) is 23.7 Å². The Hall–Kier alpha value is -3.09. The van der Waals surface area contributed by atoms with Crippen molar-refractivity contribution in [3.05, 3.63) is 47.5 Å². The third-order valence-electron chi connectivity index (χ3n) is 7.17. The fourth-order valence-corrected chi connectivity index (χ4v) is 4.82. The molecule has 15 nitrogen and oxygen atoms in total. The molecule has 0 spiro atoms. The SMILES string of the molecule is O=C1c2ccc(O)cc2OC(c2ccc(O)c(O)c2)C1OC1OC(COC2OCC(O)C(O)C2O)C(O)C(O)C1O. The van der Waals surface area contributed by atoms with Crippen molar-refractivity contribution in [1.82, 2.24) is 0 Å². The smallest absolute Gasteiger partial charge is 0.199 e. The van der Waals surface area contributed by atoms with E-state index in [-0.39, 0.29) is 29.2 Å². The largest absolute Gasteiger partial charge is 0.508 e. The van der Waals surface area contributed by atoms with Crippen LogP contribution in [-0.2, 0) is 18.9 Å². The molecule has 0 bridgehead atoms. The first-order valence-electron chi connectivity index (χ1n) is 12.6. The number of hydrogen-bond acceptors (Lipinski definition) is 15. The van der Waals surface area contributed by atoms with Gasteiger partial charge in [0.05, 0.1) is 18.8 Å². The minimum atomic E-state index is -1.86. The van der Waals surface area contributed by atoms with Crippen LogP contribution in [0.5, 0.6) is 23.0 Å². The Bertz CT molecular complexity index is 1260. The second kappa shape index (κ2) is 11.7. The maximum absolute atomic E-state index is 13.5.